The Morgan fingerprint density at radius 2 is 1.70 bits per heavy atom. The van der Waals surface area contributed by atoms with Crippen LogP contribution in [0.2, 0.25) is 0 Å². The van der Waals surface area contributed by atoms with Crippen molar-refractivity contribution < 1.29 is 8.42 Å². The first kappa shape index (κ1) is 15.3. The van der Waals surface area contributed by atoms with Crippen molar-refractivity contribution in [3.8, 4) is 0 Å². The first-order valence-electron chi connectivity index (χ1n) is 7.11. The molecule has 2 N–H and O–H groups in total. The fraction of sp³-hybridized carbons (Fsp3) is 0.600. The molecule has 0 spiro atoms. The molecule has 4 nitrogen and oxygen atoms in total. The standard InChI is InChI=1S/C15H24N2O2S/c1-11(2)17-20(18,19)14-9-7-13(8-10-14)16-15(3,4)12-5-6-12/h7-12,16-17H,5-6H2,1-4H3. The van der Waals surface area contributed by atoms with Crippen molar-refractivity contribution >= 4 is 15.7 Å². The highest BCUT2D eigenvalue weighted by molar-refractivity contribution is 7.89. The molecule has 2 rings (SSSR count). The SMILES string of the molecule is CC(C)NS(=O)(=O)c1ccc(NC(C)(C)C2CC2)cc1. The van der Waals surface area contributed by atoms with Crippen LogP contribution in [0.15, 0.2) is 29.2 Å². The Kier molecular flexibility index (Phi) is 4.12. The van der Waals surface area contributed by atoms with Gasteiger partial charge in [0, 0.05) is 17.3 Å². The average Bonchev–Trinajstić information content (AvgIpc) is 3.11. The highest BCUT2D eigenvalue weighted by Crippen LogP contribution is 2.41. The van der Waals surface area contributed by atoms with Gasteiger partial charge in [-0.15, -0.1) is 0 Å². The number of sulfonamides is 1. The van der Waals surface area contributed by atoms with Crippen LogP contribution in [0.1, 0.15) is 40.5 Å². The van der Waals surface area contributed by atoms with Crippen molar-refractivity contribution in [2.24, 2.45) is 5.92 Å². The van der Waals surface area contributed by atoms with Crippen molar-refractivity contribution in [2.75, 3.05) is 5.32 Å². The molecule has 0 unspecified atom stereocenters. The highest BCUT2D eigenvalue weighted by Gasteiger charge is 2.37. The first-order chi connectivity index (χ1) is 9.21. The van der Waals surface area contributed by atoms with Gasteiger partial charge in [-0.3, -0.25) is 0 Å². The number of hydrogen-bond acceptors (Lipinski definition) is 3. The Hall–Kier alpha value is -1.07. The quantitative estimate of drug-likeness (QED) is 0.848. The average molecular weight is 296 g/mol. The van der Waals surface area contributed by atoms with Gasteiger partial charge in [-0.05, 0) is 70.7 Å². The molecule has 1 aromatic rings. The maximum Gasteiger partial charge on any atom is 0.240 e. The Balaban J connectivity index is 2.10. The number of anilines is 1. The van der Waals surface area contributed by atoms with Crippen molar-refractivity contribution in [1.29, 1.82) is 0 Å². The van der Waals surface area contributed by atoms with Crippen molar-refractivity contribution in [3.05, 3.63) is 24.3 Å². The molecule has 0 amide bonds. The van der Waals surface area contributed by atoms with Crippen LogP contribution in [0.3, 0.4) is 0 Å². The van der Waals surface area contributed by atoms with Gasteiger partial charge < -0.3 is 5.32 Å². The number of benzene rings is 1. The molecular formula is C15H24N2O2S. The molecule has 0 radical (unpaired) electrons. The largest absolute Gasteiger partial charge is 0.380 e. The lowest BCUT2D eigenvalue weighted by Gasteiger charge is -2.27. The summed E-state index contributed by atoms with van der Waals surface area (Å²) in [4.78, 5) is 0.306. The van der Waals surface area contributed by atoms with E-state index in [0.717, 1.165) is 5.69 Å². The van der Waals surface area contributed by atoms with E-state index in [1.54, 1.807) is 12.1 Å². The Labute approximate surface area is 122 Å². The van der Waals surface area contributed by atoms with Crippen LogP contribution < -0.4 is 10.0 Å². The smallest absolute Gasteiger partial charge is 0.240 e. The van der Waals surface area contributed by atoms with Crippen LogP contribution in [0, 0.1) is 5.92 Å². The van der Waals surface area contributed by atoms with Gasteiger partial charge in [-0.2, -0.15) is 0 Å². The predicted molar refractivity (Wildman–Crippen MR) is 82.3 cm³/mol. The molecule has 0 bridgehead atoms. The summed E-state index contributed by atoms with van der Waals surface area (Å²) in [7, 11) is -3.40. The van der Waals surface area contributed by atoms with E-state index in [2.05, 4.69) is 23.9 Å². The van der Waals surface area contributed by atoms with E-state index in [1.165, 1.54) is 12.8 Å². The molecule has 0 aromatic heterocycles. The second-order valence-corrected chi connectivity index (χ2v) is 8.14. The molecular weight excluding hydrogens is 272 g/mol. The third kappa shape index (κ3) is 3.73. The second-order valence-electron chi connectivity index (χ2n) is 6.42. The normalized spacial score (nSPS) is 16.4. The summed E-state index contributed by atoms with van der Waals surface area (Å²) in [5, 5.41) is 3.48. The number of nitrogens with one attached hydrogen (secondary N) is 2. The molecule has 0 aliphatic heterocycles. The van der Waals surface area contributed by atoms with E-state index >= 15 is 0 Å². The summed E-state index contributed by atoms with van der Waals surface area (Å²) in [6.07, 6.45) is 2.54. The zero-order valence-electron chi connectivity index (χ0n) is 12.6. The lowest BCUT2D eigenvalue weighted by molar-refractivity contribution is 0.494. The predicted octanol–water partition coefficient (Wildman–Crippen LogP) is 2.97. The summed E-state index contributed by atoms with van der Waals surface area (Å²) < 4.78 is 26.6. The summed E-state index contributed by atoms with van der Waals surface area (Å²) in [6.45, 7) is 8.00. The van der Waals surface area contributed by atoms with Gasteiger partial charge in [0.2, 0.25) is 10.0 Å². The monoisotopic (exact) mass is 296 g/mol. The van der Waals surface area contributed by atoms with Gasteiger partial charge in [0.05, 0.1) is 4.90 Å². The zero-order chi connectivity index (χ0) is 15.0. The molecule has 112 valence electrons. The van der Waals surface area contributed by atoms with Gasteiger partial charge >= 0.3 is 0 Å². The maximum atomic E-state index is 12.0. The molecule has 1 aromatic carbocycles. The minimum Gasteiger partial charge on any atom is -0.380 e. The topological polar surface area (TPSA) is 58.2 Å². The maximum absolute atomic E-state index is 12.0. The molecule has 0 saturated heterocycles. The molecule has 20 heavy (non-hydrogen) atoms. The minimum atomic E-state index is -3.40. The summed E-state index contributed by atoms with van der Waals surface area (Å²) in [5.41, 5.74) is 1.03. The molecule has 1 saturated carbocycles. The van der Waals surface area contributed by atoms with Crippen LogP contribution in [0.4, 0.5) is 5.69 Å². The molecule has 1 fully saturated rings. The highest BCUT2D eigenvalue weighted by atomic mass is 32.2. The van der Waals surface area contributed by atoms with Crippen LogP contribution in [-0.2, 0) is 10.0 Å². The molecule has 1 aliphatic carbocycles. The van der Waals surface area contributed by atoms with Gasteiger partial charge in [0.1, 0.15) is 0 Å². The Morgan fingerprint density at radius 3 is 2.15 bits per heavy atom. The lowest BCUT2D eigenvalue weighted by atomic mass is 9.98. The van der Waals surface area contributed by atoms with Crippen molar-refractivity contribution in [3.63, 3.8) is 0 Å². The third-order valence-corrected chi connectivity index (χ3v) is 5.29. The summed E-state index contributed by atoms with van der Waals surface area (Å²) in [5.74, 6) is 0.716. The summed E-state index contributed by atoms with van der Waals surface area (Å²) in [6, 6.07) is 6.86. The van der Waals surface area contributed by atoms with E-state index in [0.29, 0.717) is 10.8 Å². The van der Waals surface area contributed by atoms with Gasteiger partial charge in [-0.25, -0.2) is 13.1 Å². The third-order valence-electron chi connectivity index (χ3n) is 3.62. The van der Waals surface area contributed by atoms with E-state index in [1.807, 2.05) is 26.0 Å². The van der Waals surface area contributed by atoms with E-state index in [4.69, 9.17) is 0 Å². The van der Waals surface area contributed by atoms with Crippen LogP contribution >= 0.6 is 0 Å². The minimum absolute atomic E-state index is 0.0660. The van der Waals surface area contributed by atoms with Crippen molar-refractivity contribution in [1.82, 2.24) is 4.72 Å². The van der Waals surface area contributed by atoms with E-state index in [-0.39, 0.29) is 11.6 Å². The van der Waals surface area contributed by atoms with Crippen LogP contribution in [0.25, 0.3) is 0 Å². The van der Waals surface area contributed by atoms with E-state index in [9.17, 15) is 8.42 Å². The number of rotatable bonds is 6. The van der Waals surface area contributed by atoms with E-state index < -0.39 is 10.0 Å². The second kappa shape index (κ2) is 5.37. The first-order valence-corrected chi connectivity index (χ1v) is 8.59. The van der Waals surface area contributed by atoms with Gasteiger partial charge in [-0.1, -0.05) is 0 Å². The van der Waals surface area contributed by atoms with Crippen molar-refractivity contribution in [2.45, 2.75) is 57.0 Å². The fourth-order valence-electron chi connectivity index (χ4n) is 2.37. The fourth-order valence-corrected chi connectivity index (χ4v) is 3.63. The van der Waals surface area contributed by atoms with Crippen LogP contribution in [-0.4, -0.2) is 20.0 Å². The molecule has 0 atom stereocenters. The zero-order valence-corrected chi connectivity index (χ0v) is 13.4. The summed E-state index contributed by atoms with van der Waals surface area (Å²) >= 11 is 0. The Bertz CT molecular complexity index is 558. The Morgan fingerprint density at radius 1 is 1.15 bits per heavy atom. The molecule has 0 heterocycles. The van der Waals surface area contributed by atoms with Gasteiger partial charge in [0.15, 0.2) is 0 Å². The molecule has 1 aliphatic rings. The van der Waals surface area contributed by atoms with Gasteiger partial charge in [0.25, 0.3) is 0 Å². The lowest BCUT2D eigenvalue weighted by Crippen LogP contribution is -2.33. The molecule has 5 heteroatoms. The van der Waals surface area contributed by atoms with Crippen LogP contribution in [0.5, 0.6) is 0 Å². The number of hydrogen-bond donors (Lipinski definition) is 2.